The zero-order valence-corrected chi connectivity index (χ0v) is 16.8. The molecule has 4 aromatic rings. The van der Waals surface area contributed by atoms with Gasteiger partial charge in [0.15, 0.2) is 0 Å². The number of halogens is 1. The number of rotatable bonds is 3. The van der Waals surface area contributed by atoms with Gasteiger partial charge in [-0.2, -0.15) is 0 Å². The van der Waals surface area contributed by atoms with Crippen LogP contribution in [0.2, 0.25) is 0 Å². The molecule has 0 saturated carbocycles. The van der Waals surface area contributed by atoms with Crippen LogP contribution in [0.25, 0.3) is 22.4 Å². The van der Waals surface area contributed by atoms with Gasteiger partial charge in [0.2, 0.25) is 0 Å². The fraction of sp³-hybridized carbons (Fsp3) is 0.0800. The summed E-state index contributed by atoms with van der Waals surface area (Å²) in [7, 11) is 0. The van der Waals surface area contributed by atoms with Crippen molar-refractivity contribution in [2.45, 2.75) is 13.0 Å². The van der Waals surface area contributed by atoms with Gasteiger partial charge in [-0.05, 0) is 53.4 Å². The van der Waals surface area contributed by atoms with Crippen LogP contribution in [0.1, 0.15) is 23.0 Å². The second-order valence-electron chi connectivity index (χ2n) is 7.39. The van der Waals surface area contributed by atoms with E-state index in [1.807, 2.05) is 36.4 Å². The second kappa shape index (κ2) is 7.65. The Kier molecular flexibility index (Phi) is 4.67. The number of urea groups is 1. The standard InChI is InChI=1S/C25H19FN4O/c1-15-27-14-22(23(28-15)16-10-12-17(26)13-11-16)29-25(31)30-24-20-8-4-2-6-18(20)19-7-3-5-9-21(19)24/h2-14,24H,1H3,(H2,29,30,31). The average Bonchev–Trinajstić information content (AvgIpc) is 3.09. The first-order chi connectivity index (χ1) is 15.1. The molecule has 31 heavy (non-hydrogen) atoms. The van der Waals surface area contributed by atoms with Crippen LogP contribution in [0.4, 0.5) is 14.9 Å². The molecule has 0 aliphatic heterocycles. The molecule has 152 valence electrons. The van der Waals surface area contributed by atoms with Crippen molar-refractivity contribution in [3.63, 3.8) is 0 Å². The van der Waals surface area contributed by atoms with Crippen molar-refractivity contribution < 1.29 is 9.18 Å². The fourth-order valence-electron chi connectivity index (χ4n) is 3.99. The van der Waals surface area contributed by atoms with Crippen LogP contribution in [0.5, 0.6) is 0 Å². The maximum Gasteiger partial charge on any atom is 0.320 e. The Bertz CT molecular complexity index is 1240. The molecule has 1 aliphatic rings. The molecule has 6 heteroatoms. The molecule has 3 aromatic carbocycles. The minimum atomic E-state index is -0.368. The number of benzene rings is 3. The van der Waals surface area contributed by atoms with E-state index < -0.39 is 0 Å². The van der Waals surface area contributed by atoms with Gasteiger partial charge in [-0.15, -0.1) is 0 Å². The Balaban J connectivity index is 1.44. The smallest absolute Gasteiger partial charge is 0.320 e. The van der Waals surface area contributed by atoms with Crippen molar-refractivity contribution in [2.75, 3.05) is 5.32 Å². The van der Waals surface area contributed by atoms with Crippen LogP contribution in [0, 0.1) is 12.7 Å². The number of carbonyl (C=O) groups is 1. The third kappa shape index (κ3) is 3.53. The highest BCUT2D eigenvalue weighted by atomic mass is 19.1. The molecule has 0 saturated heterocycles. The first-order valence-corrected chi connectivity index (χ1v) is 9.95. The van der Waals surface area contributed by atoms with Gasteiger partial charge in [0.05, 0.1) is 23.6 Å². The lowest BCUT2D eigenvalue weighted by Crippen LogP contribution is -2.32. The Morgan fingerprint density at radius 1 is 0.903 bits per heavy atom. The summed E-state index contributed by atoms with van der Waals surface area (Å²) < 4.78 is 13.3. The largest absolute Gasteiger partial charge is 0.327 e. The molecule has 5 nitrogen and oxygen atoms in total. The number of aromatic nitrogens is 2. The quantitative estimate of drug-likeness (QED) is 0.470. The normalized spacial score (nSPS) is 12.2. The highest BCUT2D eigenvalue weighted by Gasteiger charge is 2.29. The van der Waals surface area contributed by atoms with Gasteiger partial charge in [0, 0.05) is 5.56 Å². The number of nitrogens with one attached hydrogen (secondary N) is 2. The highest BCUT2D eigenvalue weighted by molar-refractivity contribution is 5.94. The molecule has 0 bridgehead atoms. The third-order valence-corrected chi connectivity index (χ3v) is 5.38. The zero-order chi connectivity index (χ0) is 21.4. The summed E-state index contributed by atoms with van der Waals surface area (Å²) in [5.41, 5.74) is 6.03. The minimum Gasteiger partial charge on any atom is -0.327 e. The van der Waals surface area contributed by atoms with Gasteiger partial charge in [-0.1, -0.05) is 48.5 Å². The molecule has 0 fully saturated rings. The van der Waals surface area contributed by atoms with Crippen LogP contribution >= 0.6 is 0 Å². The van der Waals surface area contributed by atoms with Gasteiger partial charge in [0.1, 0.15) is 11.6 Å². The van der Waals surface area contributed by atoms with Crippen LogP contribution in [-0.2, 0) is 0 Å². The Labute approximate surface area is 179 Å². The van der Waals surface area contributed by atoms with Crippen molar-refractivity contribution in [2.24, 2.45) is 0 Å². The van der Waals surface area contributed by atoms with Crippen molar-refractivity contribution in [3.8, 4) is 22.4 Å². The summed E-state index contributed by atoms with van der Waals surface area (Å²) in [6.45, 7) is 1.77. The van der Waals surface area contributed by atoms with Crippen molar-refractivity contribution in [1.82, 2.24) is 15.3 Å². The molecule has 0 unspecified atom stereocenters. The average molecular weight is 410 g/mol. The maximum atomic E-state index is 13.3. The molecular formula is C25H19FN4O. The van der Waals surface area contributed by atoms with E-state index in [0.717, 1.165) is 22.3 Å². The second-order valence-corrected chi connectivity index (χ2v) is 7.39. The van der Waals surface area contributed by atoms with E-state index >= 15 is 0 Å². The molecule has 1 heterocycles. The van der Waals surface area contributed by atoms with E-state index in [1.165, 1.54) is 12.1 Å². The number of carbonyl (C=O) groups excluding carboxylic acids is 1. The maximum absolute atomic E-state index is 13.3. The van der Waals surface area contributed by atoms with Gasteiger partial charge in [-0.25, -0.2) is 19.2 Å². The first-order valence-electron chi connectivity index (χ1n) is 9.95. The summed E-state index contributed by atoms with van der Waals surface area (Å²) in [5.74, 6) is 0.226. The Morgan fingerprint density at radius 3 is 2.16 bits per heavy atom. The van der Waals surface area contributed by atoms with E-state index in [-0.39, 0.29) is 17.9 Å². The SMILES string of the molecule is Cc1ncc(NC(=O)NC2c3ccccc3-c3ccccc32)c(-c2ccc(F)cc2)n1. The summed E-state index contributed by atoms with van der Waals surface area (Å²) in [6, 6.07) is 21.5. The molecule has 1 aliphatic carbocycles. The monoisotopic (exact) mass is 410 g/mol. The van der Waals surface area contributed by atoms with Crippen LogP contribution in [0.15, 0.2) is 79.0 Å². The number of aryl methyl sites for hydroxylation is 1. The van der Waals surface area contributed by atoms with Gasteiger partial charge in [-0.3, -0.25) is 0 Å². The number of amides is 2. The van der Waals surface area contributed by atoms with E-state index in [4.69, 9.17) is 0 Å². The third-order valence-electron chi connectivity index (χ3n) is 5.38. The molecule has 2 amide bonds. The first kappa shape index (κ1) is 18.9. The van der Waals surface area contributed by atoms with Crippen molar-refractivity contribution >= 4 is 11.7 Å². The van der Waals surface area contributed by atoms with E-state index in [0.29, 0.717) is 22.8 Å². The van der Waals surface area contributed by atoms with E-state index in [2.05, 4.69) is 32.7 Å². The van der Waals surface area contributed by atoms with Crippen molar-refractivity contribution in [3.05, 3.63) is 102 Å². The molecule has 1 aromatic heterocycles. The van der Waals surface area contributed by atoms with Crippen LogP contribution in [-0.4, -0.2) is 16.0 Å². The van der Waals surface area contributed by atoms with Crippen LogP contribution < -0.4 is 10.6 Å². The summed E-state index contributed by atoms with van der Waals surface area (Å²) >= 11 is 0. The minimum absolute atomic E-state index is 0.256. The Hall–Kier alpha value is -4.06. The molecule has 5 rings (SSSR count). The molecule has 0 radical (unpaired) electrons. The summed E-state index contributed by atoms with van der Waals surface area (Å²) in [4.78, 5) is 21.6. The van der Waals surface area contributed by atoms with Crippen molar-refractivity contribution in [1.29, 1.82) is 0 Å². The number of nitrogens with zero attached hydrogens (tertiary/aromatic N) is 2. The summed E-state index contributed by atoms with van der Waals surface area (Å²) in [5, 5.41) is 5.95. The molecular weight excluding hydrogens is 391 g/mol. The predicted molar refractivity (Wildman–Crippen MR) is 118 cm³/mol. The number of anilines is 1. The number of fused-ring (bicyclic) bond motifs is 3. The lowest BCUT2D eigenvalue weighted by molar-refractivity contribution is 0.250. The predicted octanol–water partition coefficient (Wildman–Crippen LogP) is 5.48. The number of hydrogen-bond acceptors (Lipinski definition) is 3. The van der Waals surface area contributed by atoms with E-state index in [9.17, 15) is 9.18 Å². The zero-order valence-electron chi connectivity index (χ0n) is 16.8. The fourth-order valence-corrected chi connectivity index (χ4v) is 3.99. The lowest BCUT2D eigenvalue weighted by atomic mass is 10.1. The topological polar surface area (TPSA) is 66.9 Å². The lowest BCUT2D eigenvalue weighted by Gasteiger charge is -2.17. The van der Waals surface area contributed by atoms with Crippen LogP contribution in [0.3, 0.4) is 0 Å². The summed E-state index contributed by atoms with van der Waals surface area (Å²) in [6.07, 6.45) is 1.57. The highest BCUT2D eigenvalue weighted by Crippen LogP contribution is 2.43. The van der Waals surface area contributed by atoms with Gasteiger partial charge in [0.25, 0.3) is 0 Å². The number of hydrogen-bond donors (Lipinski definition) is 2. The van der Waals surface area contributed by atoms with Gasteiger partial charge >= 0.3 is 6.03 Å². The Morgan fingerprint density at radius 2 is 1.52 bits per heavy atom. The molecule has 0 atom stereocenters. The van der Waals surface area contributed by atoms with Gasteiger partial charge < -0.3 is 10.6 Å². The molecule has 2 N–H and O–H groups in total. The van der Waals surface area contributed by atoms with E-state index in [1.54, 1.807) is 25.3 Å². The molecule has 0 spiro atoms.